The average molecular weight is 333 g/mol. The number of hydrogen-bond donors (Lipinski definition) is 0. The summed E-state index contributed by atoms with van der Waals surface area (Å²) >= 11 is 0. The Kier molecular flexibility index (Phi) is 3.02. The number of rotatable bonds is 4. The largest absolute Gasteiger partial charge is 0.455 e. The number of hydrogen-bond acceptors (Lipinski definition) is 2. The highest BCUT2D eigenvalue weighted by molar-refractivity contribution is 6.09. The molecule has 0 bridgehead atoms. The third-order valence-electron chi connectivity index (χ3n) is 4.80. The van der Waals surface area contributed by atoms with E-state index in [1.165, 1.54) is 0 Å². The van der Waals surface area contributed by atoms with Crippen LogP contribution in [0.25, 0.3) is 33.2 Å². The van der Waals surface area contributed by atoms with Crippen LogP contribution in [-0.4, -0.2) is 4.98 Å². The summed E-state index contributed by atoms with van der Waals surface area (Å²) < 4.78 is 37.8. The lowest BCUT2D eigenvalue weighted by Crippen LogP contribution is -1.96. The second kappa shape index (κ2) is 6.36. The molecular weight excluding hydrogens is 306 g/mol. The van der Waals surface area contributed by atoms with Crippen LogP contribution in [0, 0.1) is 6.85 Å². The van der Waals surface area contributed by atoms with Gasteiger partial charge in [0.2, 0.25) is 0 Å². The van der Waals surface area contributed by atoms with Crippen molar-refractivity contribution >= 4 is 21.9 Å². The zero-order valence-corrected chi connectivity index (χ0v) is 14.5. The number of para-hydroxylation sites is 1. The van der Waals surface area contributed by atoms with Crippen molar-refractivity contribution in [1.82, 2.24) is 4.98 Å². The molecule has 0 aliphatic rings. The van der Waals surface area contributed by atoms with E-state index < -0.39 is 12.7 Å². The van der Waals surface area contributed by atoms with E-state index in [9.17, 15) is 0 Å². The van der Waals surface area contributed by atoms with Crippen LogP contribution in [-0.2, 0) is 0 Å². The molecule has 0 aliphatic carbocycles. The van der Waals surface area contributed by atoms with E-state index in [0.29, 0.717) is 11.2 Å². The van der Waals surface area contributed by atoms with Gasteiger partial charge in [0.15, 0.2) is 0 Å². The molecule has 0 atom stereocenters. The lowest BCUT2D eigenvalue weighted by Gasteiger charge is -2.13. The Hall–Kier alpha value is -2.61. The summed E-state index contributed by atoms with van der Waals surface area (Å²) in [6.07, 6.45) is 3.19. The van der Waals surface area contributed by atoms with Gasteiger partial charge in [0.05, 0.1) is 5.69 Å². The van der Waals surface area contributed by atoms with Crippen LogP contribution in [0.5, 0.6) is 0 Å². The van der Waals surface area contributed by atoms with Gasteiger partial charge >= 0.3 is 0 Å². The van der Waals surface area contributed by atoms with Crippen molar-refractivity contribution < 1.29 is 9.90 Å². The van der Waals surface area contributed by atoms with Crippen molar-refractivity contribution in [3.8, 4) is 11.3 Å². The molecule has 4 aromatic rings. The van der Waals surface area contributed by atoms with Crippen molar-refractivity contribution in [2.75, 3.05) is 0 Å². The van der Waals surface area contributed by atoms with Gasteiger partial charge in [0, 0.05) is 28.0 Å². The topological polar surface area (TPSA) is 26.0 Å². The molecule has 0 amide bonds. The minimum Gasteiger partial charge on any atom is -0.455 e. The fourth-order valence-electron chi connectivity index (χ4n) is 3.46. The van der Waals surface area contributed by atoms with Crippen LogP contribution < -0.4 is 0 Å². The van der Waals surface area contributed by atoms with Crippen molar-refractivity contribution in [3.05, 3.63) is 65.9 Å². The molecule has 0 spiro atoms. The first-order valence-electron chi connectivity index (χ1n) is 10.7. The first-order valence-corrected chi connectivity index (χ1v) is 8.69. The summed E-state index contributed by atoms with van der Waals surface area (Å²) in [5.41, 5.74) is 4.01. The first-order chi connectivity index (χ1) is 13.8. The van der Waals surface area contributed by atoms with Crippen LogP contribution in [0.4, 0.5) is 0 Å². The quantitative estimate of drug-likeness (QED) is 0.408. The van der Waals surface area contributed by atoms with Gasteiger partial charge in [-0.3, -0.25) is 4.98 Å². The summed E-state index contributed by atoms with van der Waals surface area (Å²) in [5.74, 6) is -0.645. The number of aromatic nitrogens is 1. The molecule has 126 valence electrons. The highest BCUT2D eigenvalue weighted by Crippen LogP contribution is 2.36. The standard InChI is InChI=1S/C23H23NO/c1-4-16(5-2)17-11-12-24-21(14-17)20-8-6-7-19-18-10-9-15(3)13-22(18)25-23(19)20/h6-14,16H,4-5H2,1-3H3/i3D3,16D. The Bertz CT molecular complexity index is 1190. The van der Waals surface area contributed by atoms with Gasteiger partial charge in [-0.2, -0.15) is 0 Å². The zero-order chi connectivity index (χ0) is 20.8. The summed E-state index contributed by atoms with van der Waals surface area (Å²) in [6.45, 7) is 1.88. The van der Waals surface area contributed by atoms with Crippen LogP contribution in [0.15, 0.2) is 59.1 Å². The van der Waals surface area contributed by atoms with Crippen molar-refractivity contribution in [2.45, 2.75) is 39.4 Å². The van der Waals surface area contributed by atoms with E-state index in [1.54, 1.807) is 24.4 Å². The maximum absolute atomic E-state index is 8.75. The maximum Gasteiger partial charge on any atom is 0.144 e. The van der Waals surface area contributed by atoms with E-state index in [1.807, 2.05) is 44.2 Å². The van der Waals surface area contributed by atoms with Crippen molar-refractivity contribution in [2.24, 2.45) is 0 Å². The predicted molar refractivity (Wildman–Crippen MR) is 105 cm³/mol. The second-order valence-corrected chi connectivity index (χ2v) is 6.24. The number of benzene rings is 2. The Morgan fingerprint density at radius 2 is 1.96 bits per heavy atom. The number of pyridine rings is 1. The number of aryl methyl sites for hydroxylation is 1. The average Bonchev–Trinajstić information content (AvgIpc) is 3.10. The fourth-order valence-corrected chi connectivity index (χ4v) is 3.46. The maximum atomic E-state index is 8.75. The van der Waals surface area contributed by atoms with Gasteiger partial charge in [-0.1, -0.05) is 38.1 Å². The first kappa shape index (κ1) is 11.9. The normalized spacial score (nSPS) is 15.0. The Balaban J connectivity index is 1.91. The zero-order valence-electron chi connectivity index (χ0n) is 18.5. The van der Waals surface area contributed by atoms with Gasteiger partial charge in [0.25, 0.3) is 0 Å². The molecule has 0 radical (unpaired) electrons. The molecule has 2 aromatic heterocycles. The molecule has 0 fully saturated rings. The van der Waals surface area contributed by atoms with Crippen LogP contribution >= 0.6 is 0 Å². The monoisotopic (exact) mass is 333 g/mol. The molecule has 4 rings (SSSR count). The van der Waals surface area contributed by atoms with Crippen LogP contribution in [0.3, 0.4) is 0 Å². The number of nitrogens with zero attached hydrogens (tertiary/aromatic N) is 1. The lowest BCUT2D eigenvalue weighted by molar-refractivity contribution is 0.641. The molecule has 0 N–H and O–H groups in total. The van der Waals surface area contributed by atoms with E-state index in [4.69, 9.17) is 9.90 Å². The fraction of sp³-hybridized carbons (Fsp3) is 0.261. The molecule has 2 heterocycles. The van der Waals surface area contributed by atoms with E-state index in [0.717, 1.165) is 40.4 Å². The van der Waals surface area contributed by atoms with Gasteiger partial charge < -0.3 is 4.42 Å². The highest BCUT2D eigenvalue weighted by Gasteiger charge is 2.14. The van der Waals surface area contributed by atoms with Gasteiger partial charge in [-0.15, -0.1) is 0 Å². The predicted octanol–water partition coefficient (Wildman–Crippen LogP) is 6.86. The van der Waals surface area contributed by atoms with E-state index in [2.05, 4.69) is 4.98 Å². The summed E-state index contributed by atoms with van der Waals surface area (Å²) in [6, 6.07) is 14.8. The molecule has 2 nitrogen and oxygen atoms in total. The number of fused-ring (bicyclic) bond motifs is 3. The minimum atomic E-state index is -2.18. The molecule has 25 heavy (non-hydrogen) atoms. The van der Waals surface area contributed by atoms with Crippen LogP contribution in [0.2, 0.25) is 0 Å². The number of furan rings is 1. The van der Waals surface area contributed by atoms with Gasteiger partial charge in [-0.25, -0.2) is 0 Å². The molecule has 0 saturated heterocycles. The second-order valence-electron chi connectivity index (χ2n) is 6.24. The lowest BCUT2D eigenvalue weighted by atomic mass is 9.93. The smallest absolute Gasteiger partial charge is 0.144 e. The highest BCUT2D eigenvalue weighted by atomic mass is 16.3. The molecular formula is C23H23NO. The Labute approximate surface area is 154 Å². The molecule has 0 saturated carbocycles. The van der Waals surface area contributed by atoms with Crippen molar-refractivity contribution in [1.29, 1.82) is 0 Å². The Morgan fingerprint density at radius 1 is 1.08 bits per heavy atom. The molecule has 0 unspecified atom stereocenters. The third kappa shape index (κ3) is 2.72. The SMILES string of the molecule is [2H]C([2H])([2H])c1ccc2c(c1)oc1c(-c3cc(C([2H])(CC)CC)ccn3)cccc12. The Morgan fingerprint density at radius 3 is 2.76 bits per heavy atom. The van der Waals surface area contributed by atoms with Gasteiger partial charge in [0.1, 0.15) is 11.2 Å². The summed E-state index contributed by atoms with van der Waals surface area (Å²) in [7, 11) is 0. The van der Waals surface area contributed by atoms with Gasteiger partial charge in [-0.05, 0) is 61.0 Å². The molecule has 0 aliphatic heterocycles. The van der Waals surface area contributed by atoms with Crippen molar-refractivity contribution in [3.63, 3.8) is 0 Å². The molecule has 2 aromatic carbocycles. The minimum absolute atomic E-state index is 0.260. The van der Waals surface area contributed by atoms with Crippen LogP contribution in [0.1, 0.15) is 49.2 Å². The van der Waals surface area contributed by atoms with E-state index in [-0.39, 0.29) is 5.56 Å². The summed E-state index contributed by atoms with van der Waals surface area (Å²) in [4.78, 5) is 4.54. The molecule has 2 heteroatoms. The summed E-state index contributed by atoms with van der Waals surface area (Å²) in [5, 5.41) is 1.80. The van der Waals surface area contributed by atoms with E-state index >= 15 is 0 Å². The third-order valence-corrected chi connectivity index (χ3v) is 4.80.